The number of rotatable bonds is 0. The van der Waals surface area contributed by atoms with E-state index in [1.807, 2.05) is 6.92 Å². The highest BCUT2D eigenvalue weighted by Crippen LogP contribution is 2.25. The molecule has 0 aromatic heterocycles. The molecule has 4 heteroatoms. The molecular formula is C7H11ClN2O. The maximum atomic E-state index is 9.04. The van der Waals surface area contributed by atoms with Crippen molar-refractivity contribution in [2.24, 2.45) is 0 Å². The van der Waals surface area contributed by atoms with E-state index < -0.39 is 0 Å². The monoisotopic (exact) mass is 174 g/mol. The van der Waals surface area contributed by atoms with Gasteiger partial charge >= 0.3 is 0 Å². The van der Waals surface area contributed by atoms with E-state index in [0.29, 0.717) is 11.4 Å². The fourth-order valence-corrected chi connectivity index (χ4v) is 0.727. The van der Waals surface area contributed by atoms with Crippen LogP contribution >= 0.6 is 12.4 Å². The normalized spacial score (nSPS) is 8.82. The topological polar surface area (TPSA) is 72.3 Å². The van der Waals surface area contributed by atoms with Crippen LogP contribution in [0.25, 0.3) is 0 Å². The van der Waals surface area contributed by atoms with Gasteiger partial charge in [-0.1, -0.05) is 0 Å². The second-order valence-corrected chi connectivity index (χ2v) is 2.27. The SMILES string of the molecule is Cc1cc(O)c(N)cc1N.Cl. The van der Waals surface area contributed by atoms with Crippen molar-refractivity contribution < 1.29 is 5.11 Å². The number of hydrogen-bond donors (Lipinski definition) is 3. The summed E-state index contributed by atoms with van der Waals surface area (Å²) in [4.78, 5) is 0. The number of halogens is 1. The number of hydrogen-bond acceptors (Lipinski definition) is 3. The summed E-state index contributed by atoms with van der Waals surface area (Å²) in [6.45, 7) is 1.81. The van der Waals surface area contributed by atoms with Gasteiger partial charge in [-0.2, -0.15) is 0 Å². The molecule has 3 nitrogen and oxygen atoms in total. The second kappa shape index (κ2) is 3.34. The Morgan fingerprint density at radius 2 is 1.73 bits per heavy atom. The summed E-state index contributed by atoms with van der Waals surface area (Å²) in [7, 11) is 0. The lowest BCUT2D eigenvalue weighted by Gasteiger charge is -2.02. The highest BCUT2D eigenvalue weighted by atomic mass is 35.5. The first kappa shape index (κ1) is 9.91. The van der Waals surface area contributed by atoms with Gasteiger partial charge in [-0.3, -0.25) is 0 Å². The zero-order valence-electron chi connectivity index (χ0n) is 6.16. The maximum absolute atomic E-state index is 9.04. The van der Waals surface area contributed by atoms with Crippen molar-refractivity contribution >= 4 is 23.8 Å². The molecule has 0 aliphatic heterocycles. The molecule has 0 aliphatic rings. The van der Waals surface area contributed by atoms with E-state index in [1.54, 1.807) is 12.1 Å². The first-order valence-electron chi connectivity index (χ1n) is 2.96. The lowest BCUT2D eigenvalue weighted by atomic mass is 10.2. The second-order valence-electron chi connectivity index (χ2n) is 2.27. The Labute approximate surface area is 71.4 Å². The molecule has 0 fully saturated rings. The van der Waals surface area contributed by atoms with Crippen molar-refractivity contribution in [3.05, 3.63) is 17.7 Å². The molecular weight excluding hydrogens is 164 g/mol. The zero-order chi connectivity index (χ0) is 7.72. The standard InChI is InChI=1S/C7H10N2O.ClH/c1-4-2-7(10)6(9)3-5(4)8;/h2-3,10H,8-9H2,1H3;1H. The molecule has 11 heavy (non-hydrogen) atoms. The molecule has 0 radical (unpaired) electrons. The van der Waals surface area contributed by atoms with Crippen LogP contribution in [0.3, 0.4) is 0 Å². The minimum atomic E-state index is 0. The quantitative estimate of drug-likeness (QED) is 0.315. The van der Waals surface area contributed by atoms with Crippen molar-refractivity contribution in [2.45, 2.75) is 6.92 Å². The van der Waals surface area contributed by atoms with Gasteiger partial charge in [-0.15, -0.1) is 12.4 Å². The van der Waals surface area contributed by atoms with Gasteiger partial charge in [0.1, 0.15) is 5.75 Å². The summed E-state index contributed by atoms with van der Waals surface area (Å²) in [6.07, 6.45) is 0. The van der Waals surface area contributed by atoms with Crippen LogP contribution in [0, 0.1) is 6.92 Å². The summed E-state index contributed by atoms with van der Waals surface area (Å²) in [5, 5.41) is 9.04. The van der Waals surface area contributed by atoms with Crippen LogP contribution in [0.5, 0.6) is 5.75 Å². The van der Waals surface area contributed by atoms with Crippen LogP contribution in [0.15, 0.2) is 12.1 Å². The third-order valence-electron chi connectivity index (χ3n) is 1.42. The van der Waals surface area contributed by atoms with Gasteiger partial charge in [-0.05, 0) is 24.6 Å². The van der Waals surface area contributed by atoms with Crippen LogP contribution in [0.2, 0.25) is 0 Å². The number of benzene rings is 1. The summed E-state index contributed by atoms with van der Waals surface area (Å²) in [5.41, 5.74) is 12.6. The lowest BCUT2D eigenvalue weighted by Crippen LogP contribution is -1.92. The van der Waals surface area contributed by atoms with Gasteiger partial charge in [0.15, 0.2) is 0 Å². The number of phenols is 1. The summed E-state index contributed by atoms with van der Waals surface area (Å²) in [5.74, 6) is 0.0895. The number of nitrogen functional groups attached to an aromatic ring is 2. The summed E-state index contributed by atoms with van der Waals surface area (Å²) in [6, 6.07) is 3.09. The van der Waals surface area contributed by atoms with Crippen LogP contribution < -0.4 is 11.5 Å². The minimum absolute atomic E-state index is 0. The van der Waals surface area contributed by atoms with Crippen LogP contribution in [0.4, 0.5) is 11.4 Å². The summed E-state index contributed by atoms with van der Waals surface area (Å²) >= 11 is 0. The molecule has 1 aromatic carbocycles. The van der Waals surface area contributed by atoms with Gasteiger partial charge in [0.25, 0.3) is 0 Å². The Balaban J connectivity index is 0.000001000. The number of nitrogens with two attached hydrogens (primary N) is 2. The maximum Gasteiger partial charge on any atom is 0.138 e. The van der Waals surface area contributed by atoms with Crippen molar-refractivity contribution in [1.82, 2.24) is 0 Å². The molecule has 1 aromatic rings. The predicted octanol–water partition coefficient (Wildman–Crippen LogP) is 1.29. The lowest BCUT2D eigenvalue weighted by molar-refractivity contribution is 0.477. The van der Waals surface area contributed by atoms with Gasteiger partial charge < -0.3 is 16.6 Å². The molecule has 62 valence electrons. The predicted molar refractivity (Wildman–Crippen MR) is 48.9 cm³/mol. The Bertz CT molecular complexity index is 213. The molecule has 0 unspecified atom stereocenters. The highest BCUT2D eigenvalue weighted by molar-refractivity contribution is 5.85. The summed E-state index contributed by atoms with van der Waals surface area (Å²) < 4.78 is 0. The fourth-order valence-electron chi connectivity index (χ4n) is 0.727. The largest absolute Gasteiger partial charge is 0.506 e. The molecule has 0 atom stereocenters. The van der Waals surface area contributed by atoms with E-state index in [-0.39, 0.29) is 18.2 Å². The van der Waals surface area contributed by atoms with E-state index >= 15 is 0 Å². The first-order chi connectivity index (χ1) is 4.61. The zero-order valence-corrected chi connectivity index (χ0v) is 6.98. The van der Waals surface area contributed by atoms with Gasteiger partial charge in [-0.25, -0.2) is 0 Å². The average molecular weight is 175 g/mol. The number of phenolic OH excluding ortho intramolecular Hbond substituents is 1. The highest BCUT2D eigenvalue weighted by Gasteiger charge is 1.98. The Hall–Kier alpha value is -1.09. The smallest absolute Gasteiger partial charge is 0.138 e. The van der Waals surface area contributed by atoms with Crippen molar-refractivity contribution in [2.75, 3.05) is 11.5 Å². The van der Waals surface area contributed by atoms with E-state index in [4.69, 9.17) is 16.6 Å². The Morgan fingerprint density at radius 3 is 2.18 bits per heavy atom. The average Bonchev–Trinajstić information content (AvgIpc) is 1.84. The number of aromatic hydroxyl groups is 1. The fraction of sp³-hybridized carbons (Fsp3) is 0.143. The van der Waals surface area contributed by atoms with E-state index in [2.05, 4.69) is 0 Å². The molecule has 0 aliphatic carbocycles. The van der Waals surface area contributed by atoms with Crippen LogP contribution in [-0.4, -0.2) is 5.11 Å². The van der Waals surface area contributed by atoms with Gasteiger partial charge in [0, 0.05) is 5.69 Å². The first-order valence-corrected chi connectivity index (χ1v) is 2.96. The number of anilines is 2. The molecule has 0 saturated heterocycles. The van der Waals surface area contributed by atoms with Crippen molar-refractivity contribution in [1.29, 1.82) is 0 Å². The Kier molecular flexibility index (Phi) is 3.01. The van der Waals surface area contributed by atoms with Crippen LogP contribution in [0.1, 0.15) is 5.56 Å². The molecule has 0 amide bonds. The van der Waals surface area contributed by atoms with Crippen LogP contribution in [-0.2, 0) is 0 Å². The third-order valence-corrected chi connectivity index (χ3v) is 1.42. The molecule has 1 rings (SSSR count). The third kappa shape index (κ3) is 1.91. The molecule has 0 bridgehead atoms. The van der Waals surface area contributed by atoms with Gasteiger partial charge in [0.2, 0.25) is 0 Å². The van der Waals surface area contributed by atoms with Crippen molar-refractivity contribution in [3.8, 4) is 5.75 Å². The minimum Gasteiger partial charge on any atom is -0.506 e. The van der Waals surface area contributed by atoms with Gasteiger partial charge in [0.05, 0.1) is 5.69 Å². The molecule has 0 heterocycles. The van der Waals surface area contributed by atoms with Crippen molar-refractivity contribution in [3.63, 3.8) is 0 Å². The van der Waals surface area contributed by atoms with E-state index in [1.165, 1.54) is 0 Å². The number of aryl methyl sites for hydroxylation is 1. The molecule has 0 spiro atoms. The van der Waals surface area contributed by atoms with E-state index in [9.17, 15) is 0 Å². The molecule has 5 N–H and O–H groups in total. The molecule has 0 saturated carbocycles. The Morgan fingerprint density at radius 1 is 1.18 bits per heavy atom. The van der Waals surface area contributed by atoms with E-state index in [0.717, 1.165) is 5.56 Å².